The number of thioether (sulfide) groups is 1. The van der Waals surface area contributed by atoms with Crippen LogP contribution in [0.4, 0.5) is 0 Å². The van der Waals surface area contributed by atoms with E-state index in [2.05, 4.69) is 41.8 Å². The van der Waals surface area contributed by atoms with E-state index in [0.29, 0.717) is 6.04 Å². The van der Waals surface area contributed by atoms with Gasteiger partial charge in [0.2, 0.25) is 0 Å². The molecule has 2 atom stereocenters. The molecule has 1 saturated heterocycles. The van der Waals surface area contributed by atoms with Gasteiger partial charge in [0.1, 0.15) is 0 Å². The van der Waals surface area contributed by atoms with Gasteiger partial charge in [-0.2, -0.15) is 0 Å². The van der Waals surface area contributed by atoms with Gasteiger partial charge in [0.15, 0.2) is 0 Å². The van der Waals surface area contributed by atoms with Crippen molar-refractivity contribution in [3.05, 3.63) is 65.7 Å². The third-order valence-electron chi connectivity index (χ3n) is 4.44. The second-order valence-electron chi connectivity index (χ2n) is 6.26. The zero-order valence-electron chi connectivity index (χ0n) is 14.0. The Morgan fingerprint density at radius 2 is 1.92 bits per heavy atom. The summed E-state index contributed by atoms with van der Waals surface area (Å²) in [5.41, 5.74) is 1.97. The van der Waals surface area contributed by atoms with E-state index >= 15 is 0 Å². The summed E-state index contributed by atoms with van der Waals surface area (Å²) in [5.74, 6) is 0.938. The molecule has 2 aromatic carbocycles. The number of amides is 1. The molecule has 1 aliphatic rings. The van der Waals surface area contributed by atoms with Gasteiger partial charge in [-0.25, -0.2) is 0 Å². The van der Waals surface area contributed by atoms with Gasteiger partial charge in [-0.1, -0.05) is 30.3 Å². The predicted molar refractivity (Wildman–Crippen MR) is 100 cm³/mol. The number of hydrogen-bond acceptors (Lipinski definition) is 3. The predicted octanol–water partition coefficient (Wildman–Crippen LogP) is 3.85. The first kappa shape index (κ1) is 17.1. The zero-order valence-corrected chi connectivity index (χ0v) is 14.8. The Morgan fingerprint density at radius 1 is 1.17 bits per heavy atom. The standard InChI is InChI=1S/C20H24N2OS/c1-15-19(8-5-13-21-15)22-20(23)17-11-9-16(10-12-17)14-24-18-6-3-2-4-7-18/h2-4,6-7,9-12,15,19,21H,5,8,13-14H2,1H3,(H,22,23). The summed E-state index contributed by atoms with van der Waals surface area (Å²) in [6, 6.07) is 18.9. The summed E-state index contributed by atoms with van der Waals surface area (Å²) < 4.78 is 0. The first-order chi connectivity index (χ1) is 11.7. The number of carbonyl (C=O) groups is 1. The summed E-state index contributed by atoms with van der Waals surface area (Å²) in [4.78, 5) is 13.7. The van der Waals surface area contributed by atoms with Crippen LogP contribution in [0.1, 0.15) is 35.7 Å². The topological polar surface area (TPSA) is 41.1 Å². The minimum absolute atomic E-state index is 0.0258. The van der Waals surface area contributed by atoms with Gasteiger partial charge < -0.3 is 10.6 Å². The summed E-state index contributed by atoms with van der Waals surface area (Å²) in [6.45, 7) is 3.18. The van der Waals surface area contributed by atoms with Crippen LogP contribution in [0.15, 0.2) is 59.5 Å². The Bertz CT molecular complexity index is 657. The number of carbonyl (C=O) groups excluding carboxylic acids is 1. The second-order valence-corrected chi connectivity index (χ2v) is 7.31. The number of benzene rings is 2. The van der Waals surface area contributed by atoms with Crippen molar-refractivity contribution in [1.82, 2.24) is 10.6 Å². The van der Waals surface area contributed by atoms with Gasteiger partial charge in [-0.15, -0.1) is 11.8 Å². The van der Waals surface area contributed by atoms with E-state index in [4.69, 9.17) is 0 Å². The fraction of sp³-hybridized carbons (Fsp3) is 0.350. The van der Waals surface area contributed by atoms with Crippen LogP contribution in [0, 0.1) is 0 Å². The molecule has 24 heavy (non-hydrogen) atoms. The third kappa shape index (κ3) is 4.62. The first-order valence-corrected chi connectivity index (χ1v) is 9.52. The molecule has 3 nitrogen and oxygen atoms in total. The van der Waals surface area contributed by atoms with Crippen molar-refractivity contribution in [2.45, 2.75) is 42.5 Å². The summed E-state index contributed by atoms with van der Waals surface area (Å²) in [7, 11) is 0. The molecule has 0 spiro atoms. The Morgan fingerprint density at radius 3 is 2.62 bits per heavy atom. The Balaban J connectivity index is 1.54. The number of rotatable bonds is 5. The highest BCUT2D eigenvalue weighted by atomic mass is 32.2. The highest BCUT2D eigenvalue weighted by Gasteiger charge is 2.22. The molecule has 1 heterocycles. The summed E-state index contributed by atoms with van der Waals surface area (Å²) in [5, 5.41) is 6.57. The van der Waals surface area contributed by atoms with Crippen molar-refractivity contribution in [2.24, 2.45) is 0 Å². The highest BCUT2D eigenvalue weighted by molar-refractivity contribution is 7.98. The van der Waals surface area contributed by atoms with E-state index in [0.717, 1.165) is 30.7 Å². The van der Waals surface area contributed by atoms with Crippen LogP contribution in [0.3, 0.4) is 0 Å². The third-order valence-corrected chi connectivity index (χ3v) is 5.53. The minimum Gasteiger partial charge on any atom is -0.348 e. The lowest BCUT2D eigenvalue weighted by Crippen LogP contribution is -2.51. The SMILES string of the molecule is CC1NCCCC1NC(=O)c1ccc(CSc2ccccc2)cc1. The van der Waals surface area contributed by atoms with Crippen LogP contribution >= 0.6 is 11.8 Å². The second kappa shape index (κ2) is 8.36. The lowest BCUT2D eigenvalue weighted by molar-refractivity contribution is 0.0920. The van der Waals surface area contributed by atoms with Crippen molar-refractivity contribution in [3.63, 3.8) is 0 Å². The van der Waals surface area contributed by atoms with Crippen molar-refractivity contribution in [1.29, 1.82) is 0 Å². The maximum absolute atomic E-state index is 12.4. The van der Waals surface area contributed by atoms with E-state index in [1.165, 1.54) is 10.5 Å². The molecule has 3 rings (SSSR count). The first-order valence-electron chi connectivity index (χ1n) is 8.53. The van der Waals surface area contributed by atoms with E-state index < -0.39 is 0 Å². The van der Waals surface area contributed by atoms with Gasteiger partial charge >= 0.3 is 0 Å². The number of piperidine rings is 1. The average molecular weight is 340 g/mol. The number of nitrogens with one attached hydrogen (secondary N) is 2. The van der Waals surface area contributed by atoms with Crippen molar-refractivity contribution >= 4 is 17.7 Å². The molecule has 0 saturated carbocycles. The molecular formula is C20H24N2OS. The Kier molecular flexibility index (Phi) is 5.94. The molecule has 0 aliphatic carbocycles. The van der Waals surface area contributed by atoms with Crippen LogP contribution in [-0.2, 0) is 5.75 Å². The molecule has 2 unspecified atom stereocenters. The quantitative estimate of drug-likeness (QED) is 0.812. The van der Waals surface area contributed by atoms with Gasteiger partial charge in [0, 0.05) is 28.3 Å². The summed E-state index contributed by atoms with van der Waals surface area (Å²) in [6.07, 6.45) is 2.16. The molecule has 2 aromatic rings. The maximum Gasteiger partial charge on any atom is 0.251 e. The zero-order chi connectivity index (χ0) is 16.8. The van der Waals surface area contributed by atoms with Gasteiger partial charge in [-0.05, 0) is 56.1 Å². The largest absolute Gasteiger partial charge is 0.348 e. The van der Waals surface area contributed by atoms with Crippen LogP contribution in [-0.4, -0.2) is 24.5 Å². The molecule has 0 bridgehead atoms. The summed E-state index contributed by atoms with van der Waals surface area (Å²) >= 11 is 1.81. The molecule has 126 valence electrons. The molecule has 4 heteroatoms. The van der Waals surface area contributed by atoms with Crippen LogP contribution in [0.2, 0.25) is 0 Å². The Hall–Kier alpha value is -1.78. The van der Waals surface area contributed by atoms with Crippen molar-refractivity contribution < 1.29 is 4.79 Å². The molecule has 0 radical (unpaired) electrons. The molecule has 1 aliphatic heterocycles. The Labute approximate surface area is 148 Å². The van der Waals surface area contributed by atoms with E-state index in [1.807, 2.05) is 42.1 Å². The maximum atomic E-state index is 12.4. The number of hydrogen-bond donors (Lipinski definition) is 2. The lowest BCUT2D eigenvalue weighted by Gasteiger charge is -2.30. The minimum atomic E-state index is 0.0258. The van der Waals surface area contributed by atoms with Crippen LogP contribution < -0.4 is 10.6 Å². The monoisotopic (exact) mass is 340 g/mol. The van der Waals surface area contributed by atoms with Crippen molar-refractivity contribution in [3.8, 4) is 0 Å². The molecular weight excluding hydrogens is 316 g/mol. The molecule has 2 N–H and O–H groups in total. The molecule has 1 fully saturated rings. The van der Waals surface area contributed by atoms with Crippen LogP contribution in [0.5, 0.6) is 0 Å². The average Bonchev–Trinajstić information content (AvgIpc) is 2.63. The lowest BCUT2D eigenvalue weighted by atomic mass is 9.99. The normalized spacial score (nSPS) is 20.5. The van der Waals surface area contributed by atoms with Crippen LogP contribution in [0.25, 0.3) is 0 Å². The van der Waals surface area contributed by atoms with Gasteiger partial charge in [0.05, 0.1) is 0 Å². The smallest absolute Gasteiger partial charge is 0.251 e. The van der Waals surface area contributed by atoms with Gasteiger partial charge in [0.25, 0.3) is 5.91 Å². The molecule has 1 amide bonds. The van der Waals surface area contributed by atoms with Crippen molar-refractivity contribution in [2.75, 3.05) is 6.54 Å². The fourth-order valence-corrected chi connectivity index (χ4v) is 3.80. The van der Waals surface area contributed by atoms with E-state index in [-0.39, 0.29) is 11.9 Å². The highest BCUT2D eigenvalue weighted by Crippen LogP contribution is 2.22. The van der Waals surface area contributed by atoms with E-state index in [9.17, 15) is 4.79 Å². The van der Waals surface area contributed by atoms with Gasteiger partial charge in [-0.3, -0.25) is 4.79 Å². The fourth-order valence-electron chi connectivity index (χ4n) is 2.93. The van der Waals surface area contributed by atoms with E-state index in [1.54, 1.807) is 0 Å². The molecule has 0 aromatic heterocycles.